The molecule has 1 aliphatic heterocycles. The van der Waals surface area contributed by atoms with Gasteiger partial charge < -0.3 is 10.5 Å². The van der Waals surface area contributed by atoms with Gasteiger partial charge in [-0.3, -0.25) is 4.79 Å². The van der Waals surface area contributed by atoms with Crippen LogP contribution in [0.5, 0.6) is 0 Å². The smallest absolute Gasteiger partial charge is 0.246 e. The van der Waals surface area contributed by atoms with Gasteiger partial charge in [-0.1, -0.05) is 18.2 Å². The first-order valence-electron chi connectivity index (χ1n) is 6.08. The van der Waals surface area contributed by atoms with Crippen LogP contribution < -0.4 is 5.73 Å². The van der Waals surface area contributed by atoms with E-state index < -0.39 is 5.91 Å². The second kappa shape index (κ2) is 6.33. The van der Waals surface area contributed by atoms with Crippen molar-refractivity contribution >= 4 is 22.8 Å². The monoisotopic (exact) mass is 286 g/mol. The maximum atomic E-state index is 11.4. The number of nitrogens with zero attached hydrogens (tertiary/aromatic N) is 1. The molecule has 4 nitrogen and oxygen atoms in total. The van der Waals surface area contributed by atoms with E-state index in [0.717, 1.165) is 16.0 Å². The first-order chi connectivity index (χ1) is 9.60. The number of primary amides is 1. The molecule has 1 aliphatic rings. The first kappa shape index (κ1) is 14.3. The predicted molar refractivity (Wildman–Crippen MR) is 78.9 cm³/mol. The van der Waals surface area contributed by atoms with Gasteiger partial charge in [0.05, 0.1) is 13.2 Å². The minimum Gasteiger partial charge on any atom is -0.376 e. The van der Waals surface area contributed by atoms with Crippen LogP contribution in [0.3, 0.4) is 0 Å². The van der Waals surface area contributed by atoms with Gasteiger partial charge in [0.1, 0.15) is 10.9 Å². The second-order valence-corrected chi connectivity index (χ2v) is 5.45. The van der Waals surface area contributed by atoms with E-state index in [1.165, 1.54) is 11.3 Å². The van der Waals surface area contributed by atoms with E-state index in [9.17, 15) is 4.79 Å². The highest BCUT2D eigenvalue weighted by atomic mass is 32.1. The maximum Gasteiger partial charge on any atom is 0.246 e. The summed E-state index contributed by atoms with van der Waals surface area (Å²) in [5.41, 5.74) is 7.52. The minimum absolute atomic E-state index is 0.191. The summed E-state index contributed by atoms with van der Waals surface area (Å²) in [6, 6.07) is 5.72. The number of hydrogen-bond acceptors (Lipinski definition) is 4. The Balaban J connectivity index is 2.46. The van der Waals surface area contributed by atoms with Crippen LogP contribution in [0.15, 0.2) is 42.0 Å². The number of ether oxygens (including phenoxy) is 1. The molecule has 1 aromatic heterocycles. The van der Waals surface area contributed by atoms with E-state index in [-0.39, 0.29) is 6.61 Å². The molecule has 0 saturated heterocycles. The molecule has 102 valence electrons. The SMILES string of the molecule is C=C1/C=C(c2ccc(C#N)s2)\C=C(\C(N)=O)COCC1. The average molecular weight is 286 g/mol. The molecule has 0 atom stereocenters. The van der Waals surface area contributed by atoms with E-state index in [0.29, 0.717) is 23.5 Å². The van der Waals surface area contributed by atoms with Crippen molar-refractivity contribution in [3.05, 3.63) is 51.8 Å². The Morgan fingerprint density at radius 3 is 2.90 bits per heavy atom. The zero-order valence-electron chi connectivity index (χ0n) is 10.9. The summed E-state index contributed by atoms with van der Waals surface area (Å²) in [4.78, 5) is 13.0. The van der Waals surface area contributed by atoms with E-state index in [2.05, 4.69) is 12.6 Å². The molecule has 0 bridgehead atoms. The van der Waals surface area contributed by atoms with Crippen LogP contribution in [0.2, 0.25) is 0 Å². The molecule has 0 radical (unpaired) electrons. The Morgan fingerprint density at radius 2 is 2.25 bits per heavy atom. The summed E-state index contributed by atoms with van der Waals surface area (Å²) in [6.45, 7) is 4.66. The largest absolute Gasteiger partial charge is 0.376 e. The summed E-state index contributed by atoms with van der Waals surface area (Å²) in [5.74, 6) is -0.500. The van der Waals surface area contributed by atoms with Crippen molar-refractivity contribution in [3.63, 3.8) is 0 Å². The van der Waals surface area contributed by atoms with Crippen molar-refractivity contribution in [2.24, 2.45) is 5.73 Å². The molecule has 20 heavy (non-hydrogen) atoms. The molecule has 1 aromatic rings. The number of thiophene rings is 1. The number of allylic oxidation sites excluding steroid dienone is 3. The fourth-order valence-electron chi connectivity index (χ4n) is 1.79. The normalized spacial score (nSPS) is 21.4. The predicted octanol–water partition coefficient (Wildman–Crippen LogP) is 2.39. The highest BCUT2D eigenvalue weighted by Crippen LogP contribution is 2.28. The highest BCUT2D eigenvalue weighted by molar-refractivity contribution is 7.13. The van der Waals surface area contributed by atoms with Gasteiger partial charge in [-0.2, -0.15) is 5.26 Å². The van der Waals surface area contributed by atoms with Crippen LogP contribution >= 0.6 is 11.3 Å². The van der Waals surface area contributed by atoms with Gasteiger partial charge >= 0.3 is 0 Å². The Kier molecular flexibility index (Phi) is 4.51. The molecule has 0 fully saturated rings. The third-order valence-corrected chi connectivity index (χ3v) is 3.87. The number of hydrogen-bond donors (Lipinski definition) is 1. The lowest BCUT2D eigenvalue weighted by Crippen LogP contribution is -2.18. The summed E-state index contributed by atoms with van der Waals surface area (Å²) in [5, 5.41) is 8.90. The van der Waals surface area contributed by atoms with Crippen molar-refractivity contribution < 1.29 is 9.53 Å². The Labute approximate surface area is 121 Å². The quantitative estimate of drug-likeness (QED) is 0.907. The van der Waals surface area contributed by atoms with Crippen LogP contribution in [0.25, 0.3) is 5.57 Å². The lowest BCUT2D eigenvalue weighted by molar-refractivity contribution is -0.115. The molecule has 0 aromatic carbocycles. The Morgan fingerprint density at radius 1 is 1.45 bits per heavy atom. The zero-order chi connectivity index (χ0) is 14.5. The van der Waals surface area contributed by atoms with Crippen molar-refractivity contribution in [1.82, 2.24) is 0 Å². The van der Waals surface area contributed by atoms with Crippen molar-refractivity contribution in [1.29, 1.82) is 5.26 Å². The molecule has 5 heteroatoms. The molecular formula is C15H14N2O2S. The molecule has 0 unspecified atom stereocenters. The molecule has 2 heterocycles. The van der Waals surface area contributed by atoms with Gasteiger partial charge in [-0.25, -0.2) is 0 Å². The Bertz CT molecular complexity index is 647. The molecule has 2 N–H and O–H groups in total. The van der Waals surface area contributed by atoms with Gasteiger partial charge in [-0.05, 0) is 30.2 Å². The standard InChI is InChI=1S/C15H14N2O2S/c1-10-4-5-19-9-12(15(17)18)7-11(6-10)14-3-2-13(8-16)20-14/h2-3,6-7H,1,4-5,9H2,(H2,17,18)/b11-6+,12-7+. The van der Waals surface area contributed by atoms with Crippen LogP contribution in [-0.2, 0) is 9.53 Å². The van der Waals surface area contributed by atoms with Crippen LogP contribution in [-0.4, -0.2) is 19.1 Å². The molecule has 0 spiro atoms. The third kappa shape index (κ3) is 3.44. The number of rotatable bonds is 2. The van der Waals surface area contributed by atoms with Crippen LogP contribution in [0, 0.1) is 11.3 Å². The van der Waals surface area contributed by atoms with Gasteiger partial charge in [0.25, 0.3) is 0 Å². The van der Waals surface area contributed by atoms with Crippen LogP contribution in [0.4, 0.5) is 0 Å². The number of nitriles is 1. The van der Waals surface area contributed by atoms with E-state index in [1.807, 2.05) is 12.1 Å². The Hall–Kier alpha value is -2.16. The van der Waals surface area contributed by atoms with Crippen molar-refractivity contribution in [3.8, 4) is 6.07 Å². The van der Waals surface area contributed by atoms with E-state index in [1.54, 1.807) is 12.1 Å². The summed E-state index contributed by atoms with van der Waals surface area (Å²) in [7, 11) is 0. The lowest BCUT2D eigenvalue weighted by Gasteiger charge is -2.04. The van der Waals surface area contributed by atoms with Gasteiger partial charge in [0.15, 0.2) is 0 Å². The fourth-order valence-corrected chi connectivity index (χ4v) is 2.58. The number of amides is 1. The highest BCUT2D eigenvalue weighted by Gasteiger charge is 2.12. The first-order valence-corrected chi connectivity index (χ1v) is 6.89. The summed E-state index contributed by atoms with van der Waals surface area (Å²) >= 11 is 1.37. The average Bonchev–Trinajstić information content (AvgIpc) is 2.90. The molecule has 0 aliphatic carbocycles. The van der Waals surface area contributed by atoms with Gasteiger partial charge in [0.2, 0.25) is 5.91 Å². The molecule has 1 amide bonds. The van der Waals surface area contributed by atoms with Crippen molar-refractivity contribution in [2.45, 2.75) is 6.42 Å². The molecule has 2 rings (SSSR count). The van der Waals surface area contributed by atoms with E-state index in [4.69, 9.17) is 15.7 Å². The summed E-state index contributed by atoms with van der Waals surface area (Å²) < 4.78 is 5.40. The third-order valence-electron chi connectivity index (χ3n) is 2.83. The zero-order valence-corrected chi connectivity index (χ0v) is 11.7. The maximum absolute atomic E-state index is 11.4. The molecule has 0 saturated carbocycles. The summed E-state index contributed by atoms with van der Waals surface area (Å²) in [6.07, 6.45) is 4.32. The van der Waals surface area contributed by atoms with Gasteiger partial charge in [-0.15, -0.1) is 11.3 Å². The number of carbonyl (C=O) groups excluding carboxylic acids is 1. The number of nitrogens with two attached hydrogens (primary N) is 1. The minimum atomic E-state index is -0.500. The van der Waals surface area contributed by atoms with E-state index >= 15 is 0 Å². The van der Waals surface area contributed by atoms with Crippen molar-refractivity contribution in [2.75, 3.05) is 13.2 Å². The second-order valence-electron chi connectivity index (χ2n) is 4.37. The fraction of sp³-hybridized carbons (Fsp3) is 0.200. The topological polar surface area (TPSA) is 76.1 Å². The lowest BCUT2D eigenvalue weighted by atomic mass is 10.1. The van der Waals surface area contributed by atoms with Gasteiger partial charge in [0, 0.05) is 10.5 Å². The molecular weight excluding hydrogens is 272 g/mol. The van der Waals surface area contributed by atoms with Crippen LogP contribution in [0.1, 0.15) is 16.2 Å². The number of carbonyl (C=O) groups is 1.